The Balaban J connectivity index is 0.851. The van der Waals surface area contributed by atoms with Crippen LogP contribution in [0.1, 0.15) is 131 Å². The molecule has 0 bridgehead atoms. The fraction of sp³-hybridized carbons (Fsp3) is 0.267. The van der Waals surface area contributed by atoms with Gasteiger partial charge in [0.25, 0.3) is 0 Å². The van der Waals surface area contributed by atoms with Crippen LogP contribution in [0.25, 0.3) is 50.9 Å². The average molecular weight is 863 g/mol. The molecule has 0 radical (unpaired) electrons. The topological polar surface area (TPSA) is 25.1 Å². The quantitative estimate of drug-likeness (QED) is 0.191. The monoisotopic (exact) mass is 862 g/mol. The van der Waals surface area contributed by atoms with E-state index in [2.05, 4.69) is 180 Å². The Kier molecular flexibility index (Phi) is 8.32. The fourth-order valence-electron chi connectivity index (χ4n) is 13.4. The van der Waals surface area contributed by atoms with Gasteiger partial charge < -0.3 is 14.5 Å². The summed E-state index contributed by atoms with van der Waals surface area (Å²) >= 11 is 1.99. The Hall–Kier alpha value is -6.14. The number of fused-ring (bicyclic) bond motifs is 13. The fourth-order valence-corrected chi connectivity index (χ4v) is 14.7. The standard InChI is InChI=1S/C60H54N4S/c1-60(2)49-22-9-4-15-39(49)40-30-29-38(35-50(40)60)63-52-24-11-6-16-41(52)47-33-36(27-31-54(47)63)37-28-32-55-48(34-37)42-17-7-12-25-53(42)64(55)59-61-51-23-10-5-19-45(51)57(62(59)3)46-21-14-20-44-43-18-8-13-26-56(43)65-58(44)46/h4-7,9-11,13-17,19-24,26,30,33-35,38,57,59,61H,8,12,18,25,27-29,31-32H2,1-3H3. The number of thiophene rings is 1. The maximum atomic E-state index is 4.11. The summed E-state index contributed by atoms with van der Waals surface area (Å²) in [5, 5.41) is 6.95. The van der Waals surface area contributed by atoms with Crippen LogP contribution in [0.4, 0.5) is 5.69 Å². The third kappa shape index (κ3) is 5.46. The zero-order valence-corrected chi connectivity index (χ0v) is 38.4. The van der Waals surface area contributed by atoms with Crippen LogP contribution < -0.4 is 5.32 Å². The largest absolute Gasteiger partial charge is 0.352 e. The first kappa shape index (κ1) is 38.2. The van der Waals surface area contributed by atoms with Crippen molar-refractivity contribution < 1.29 is 0 Å². The highest BCUT2D eigenvalue weighted by atomic mass is 32.1. The van der Waals surface area contributed by atoms with Crippen LogP contribution in [0.5, 0.6) is 0 Å². The van der Waals surface area contributed by atoms with Gasteiger partial charge in [-0.1, -0.05) is 123 Å². The molecule has 7 aromatic rings. The number of hydrogen-bond acceptors (Lipinski definition) is 3. The lowest BCUT2D eigenvalue weighted by Crippen LogP contribution is -2.43. The van der Waals surface area contributed by atoms with Crippen molar-refractivity contribution in [3.63, 3.8) is 0 Å². The first-order chi connectivity index (χ1) is 31.9. The molecular formula is C60H54N4S. The van der Waals surface area contributed by atoms with Gasteiger partial charge in [-0.15, -0.1) is 11.3 Å². The normalized spacial score (nSPS) is 22.4. The van der Waals surface area contributed by atoms with E-state index in [1.165, 1.54) is 115 Å². The Bertz CT molecular complexity index is 3400. The van der Waals surface area contributed by atoms with E-state index in [0.29, 0.717) is 6.04 Å². The minimum absolute atomic E-state index is 0.00177. The lowest BCUT2D eigenvalue weighted by atomic mass is 9.79. The van der Waals surface area contributed by atoms with Crippen molar-refractivity contribution in [1.82, 2.24) is 14.0 Å². The molecule has 4 aromatic carbocycles. The first-order valence-corrected chi connectivity index (χ1v) is 25.0. The summed E-state index contributed by atoms with van der Waals surface area (Å²) in [6.45, 7) is 4.83. The Labute approximate surface area is 386 Å². The van der Waals surface area contributed by atoms with Crippen molar-refractivity contribution in [1.29, 1.82) is 0 Å². The molecule has 3 aromatic heterocycles. The van der Waals surface area contributed by atoms with E-state index in [9.17, 15) is 0 Å². The van der Waals surface area contributed by atoms with Gasteiger partial charge in [0.2, 0.25) is 0 Å². The highest BCUT2D eigenvalue weighted by molar-refractivity contribution is 7.20. The Morgan fingerprint density at radius 1 is 0.662 bits per heavy atom. The van der Waals surface area contributed by atoms with E-state index in [-0.39, 0.29) is 17.7 Å². The van der Waals surface area contributed by atoms with Gasteiger partial charge in [0.15, 0.2) is 6.29 Å². The van der Waals surface area contributed by atoms with Crippen LogP contribution >= 0.6 is 11.3 Å². The minimum Gasteiger partial charge on any atom is -0.352 e. The van der Waals surface area contributed by atoms with E-state index in [1.54, 1.807) is 0 Å². The second-order valence-corrected chi connectivity index (χ2v) is 21.1. The number of anilines is 1. The van der Waals surface area contributed by atoms with Gasteiger partial charge in [0, 0.05) is 65.4 Å². The average Bonchev–Trinajstić information content (AvgIpc) is 4.06. The van der Waals surface area contributed by atoms with E-state index in [1.807, 2.05) is 11.3 Å². The maximum absolute atomic E-state index is 4.11. The molecule has 320 valence electrons. The van der Waals surface area contributed by atoms with Gasteiger partial charge in [-0.3, -0.25) is 4.90 Å². The molecule has 3 atom stereocenters. The maximum Gasteiger partial charge on any atom is 0.162 e. The van der Waals surface area contributed by atoms with Crippen molar-refractivity contribution in [2.24, 2.45) is 0 Å². The van der Waals surface area contributed by atoms with Gasteiger partial charge in [-0.25, -0.2) is 0 Å². The van der Waals surface area contributed by atoms with E-state index in [0.717, 1.165) is 57.8 Å². The molecule has 0 spiro atoms. The molecule has 4 nitrogen and oxygen atoms in total. The van der Waals surface area contributed by atoms with Crippen LogP contribution in [0, 0.1) is 0 Å². The van der Waals surface area contributed by atoms with Crippen molar-refractivity contribution in [2.75, 3.05) is 12.4 Å². The SMILES string of the molecule is CN1C(c2cccc3c4c(sc23)C=CCC4)c2ccccc2NC1n1c2c(c3c1CCC(C1=Cc4c(n(C5C=C6C(=CC5)c5ccccc5C6(C)C)c5ccccc45)CC1)=C3)C=CCC2. The smallest absolute Gasteiger partial charge is 0.162 e. The van der Waals surface area contributed by atoms with Gasteiger partial charge in [0.1, 0.15) is 0 Å². The summed E-state index contributed by atoms with van der Waals surface area (Å²) in [7, 11) is 2.36. The molecule has 0 amide bonds. The van der Waals surface area contributed by atoms with Gasteiger partial charge in [-0.05, 0) is 151 Å². The highest BCUT2D eigenvalue weighted by Crippen LogP contribution is 2.54. The third-order valence-electron chi connectivity index (χ3n) is 16.4. The second kappa shape index (κ2) is 14.2. The van der Waals surface area contributed by atoms with Crippen LogP contribution in [0.15, 0.2) is 132 Å². The number of hydrogen-bond donors (Lipinski definition) is 1. The molecule has 4 heterocycles. The van der Waals surface area contributed by atoms with Crippen LogP contribution in [0.2, 0.25) is 0 Å². The van der Waals surface area contributed by atoms with Gasteiger partial charge in [-0.2, -0.15) is 0 Å². The van der Waals surface area contributed by atoms with Crippen LogP contribution in [0.3, 0.4) is 0 Å². The molecule has 65 heavy (non-hydrogen) atoms. The summed E-state index contributed by atoms with van der Waals surface area (Å²) in [6.07, 6.45) is 29.6. The molecule has 0 saturated heterocycles. The summed E-state index contributed by atoms with van der Waals surface area (Å²) in [4.78, 5) is 4.08. The summed E-state index contributed by atoms with van der Waals surface area (Å²) in [5.74, 6) is 0. The first-order valence-electron chi connectivity index (χ1n) is 24.2. The molecule has 0 fully saturated rings. The van der Waals surface area contributed by atoms with Gasteiger partial charge >= 0.3 is 0 Å². The molecule has 1 aliphatic heterocycles. The predicted octanol–water partition coefficient (Wildman–Crippen LogP) is 14.8. The third-order valence-corrected chi connectivity index (χ3v) is 17.6. The molecule has 0 saturated carbocycles. The number of para-hydroxylation sites is 2. The molecule has 6 aliphatic carbocycles. The van der Waals surface area contributed by atoms with Crippen molar-refractivity contribution in [2.45, 2.75) is 95.4 Å². The van der Waals surface area contributed by atoms with E-state index >= 15 is 0 Å². The lowest BCUT2D eigenvalue weighted by molar-refractivity contribution is 0.149. The number of aromatic nitrogens is 2. The number of nitrogens with one attached hydrogen (secondary N) is 1. The summed E-state index contributed by atoms with van der Waals surface area (Å²) in [5.41, 5.74) is 24.6. The summed E-state index contributed by atoms with van der Waals surface area (Å²) in [6, 6.07) is 34.9. The van der Waals surface area contributed by atoms with E-state index in [4.69, 9.17) is 0 Å². The van der Waals surface area contributed by atoms with Crippen LogP contribution in [-0.4, -0.2) is 21.1 Å². The molecule has 3 unspecified atom stereocenters. The Morgan fingerprint density at radius 2 is 1.38 bits per heavy atom. The number of rotatable bonds is 4. The van der Waals surface area contributed by atoms with Gasteiger partial charge in [0.05, 0.1) is 12.1 Å². The molecule has 1 N–H and O–H groups in total. The van der Waals surface area contributed by atoms with E-state index < -0.39 is 0 Å². The number of benzene rings is 4. The molecule has 7 aliphatic rings. The molecule has 5 heteroatoms. The van der Waals surface area contributed by atoms with Crippen molar-refractivity contribution in [3.8, 4) is 0 Å². The summed E-state index contributed by atoms with van der Waals surface area (Å²) < 4.78 is 6.90. The zero-order valence-electron chi connectivity index (χ0n) is 37.6. The van der Waals surface area contributed by atoms with Crippen molar-refractivity contribution in [3.05, 3.63) is 198 Å². The second-order valence-electron chi connectivity index (χ2n) is 20.1. The Morgan fingerprint density at radius 3 is 2.29 bits per heavy atom. The molecular weight excluding hydrogens is 809 g/mol. The number of nitrogens with zero attached hydrogens (tertiary/aromatic N) is 3. The number of allylic oxidation sites excluding steroid dienone is 8. The molecule has 14 rings (SSSR count). The lowest BCUT2D eigenvalue weighted by Gasteiger charge is -2.44. The van der Waals surface area contributed by atoms with Crippen LogP contribution in [-0.2, 0) is 31.1 Å². The zero-order chi connectivity index (χ0) is 43.1. The van der Waals surface area contributed by atoms with Crippen molar-refractivity contribution >= 4 is 67.9 Å². The highest BCUT2D eigenvalue weighted by Gasteiger charge is 2.41. The number of aryl methyl sites for hydroxylation is 1. The minimum atomic E-state index is -0.00849. The predicted molar refractivity (Wildman–Crippen MR) is 273 cm³/mol.